The van der Waals surface area contributed by atoms with Crippen molar-refractivity contribution in [3.63, 3.8) is 0 Å². The van der Waals surface area contributed by atoms with Gasteiger partial charge in [-0.2, -0.15) is 0 Å². The molecule has 2 heteroatoms. The van der Waals surface area contributed by atoms with Crippen molar-refractivity contribution in [2.24, 2.45) is 23.7 Å². The molecule has 2 N–H and O–H groups in total. The zero-order valence-electron chi connectivity index (χ0n) is 32.1. The first-order valence-electron chi connectivity index (χ1n) is 20.9. The Labute approximate surface area is 332 Å². The van der Waals surface area contributed by atoms with E-state index >= 15 is 0 Å². The predicted molar refractivity (Wildman–Crippen MR) is 237 cm³/mol. The molecule has 0 heterocycles. The molecule has 6 aliphatic carbocycles. The average Bonchev–Trinajstić information content (AvgIpc) is 3.27. The molecular weight excluding hydrogens is 677 g/mol. The largest absolute Gasteiger partial charge is 0.381 e. The van der Waals surface area contributed by atoms with Crippen LogP contribution >= 0.6 is 0 Å². The molecule has 2 nitrogen and oxygen atoms in total. The summed E-state index contributed by atoms with van der Waals surface area (Å²) in [5, 5.41) is 10.5. The predicted octanol–water partition coefficient (Wildman–Crippen LogP) is 12.9. The van der Waals surface area contributed by atoms with E-state index in [1.54, 1.807) is 16.7 Å². The van der Waals surface area contributed by atoms with Crippen molar-refractivity contribution >= 4 is 28.2 Å². The first-order chi connectivity index (χ1) is 27.8. The van der Waals surface area contributed by atoms with Crippen molar-refractivity contribution in [1.82, 2.24) is 5.32 Å². The summed E-state index contributed by atoms with van der Waals surface area (Å²) in [6, 6.07) is 31.2. The lowest BCUT2D eigenvalue weighted by Gasteiger charge is -2.44. The van der Waals surface area contributed by atoms with Gasteiger partial charge in [-0.15, -0.1) is 0 Å². The summed E-state index contributed by atoms with van der Waals surface area (Å²) in [6.45, 7) is 0.756. The first-order valence-corrected chi connectivity index (χ1v) is 20.9. The van der Waals surface area contributed by atoms with Crippen molar-refractivity contribution in [1.29, 1.82) is 0 Å². The normalized spacial score (nSPS) is 23.4. The van der Waals surface area contributed by atoms with Crippen LogP contribution in [0.25, 0.3) is 22.5 Å². The second kappa shape index (κ2) is 15.3. The number of allylic oxidation sites excluding steroid dienone is 17. The van der Waals surface area contributed by atoms with Gasteiger partial charge in [-0.1, -0.05) is 146 Å². The van der Waals surface area contributed by atoms with E-state index in [2.05, 4.69) is 181 Å². The zero-order chi connectivity index (χ0) is 37.3. The van der Waals surface area contributed by atoms with Crippen LogP contribution in [0.3, 0.4) is 0 Å². The van der Waals surface area contributed by atoms with E-state index in [9.17, 15) is 0 Å². The fourth-order valence-corrected chi connectivity index (χ4v) is 10.1. The fourth-order valence-electron chi connectivity index (χ4n) is 10.1. The smallest absolute Gasteiger partial charge is 0.0400 e. The van der Waals surface area contributed by atoms with Crippen LogP contribution in [0.5, 0.6) is 0 Å². The molecule has 4 atom stereocenters. The standard InChI is InChI=1S/C54H50N2/c1-2-14-37(15-3-1)28-33-52(50-34-40-17-5-7-19-43(40)46-22-10-11-23-47(46)50)55-36-38-26-30-42(31-27-38)56-53-25-13-12-24-48(53)51-35-41-18-6-8-20-44(41)49-32-29-39-16-4-9-21-45(39)54(49)51/h1-7,9-10,13-19,21-22,25-27,29-35,39,45,51,54-56H,8,11-12,20,23-24,28,36H2/b52-33-. The molecule has 4 unspecified atom stereocenters. The number of fused-ring (bicyclic) bond motifs is 7. The number of rotatable bonds is 9. The molecule has 0 spiro atoms. The maximum atomic E-state index is 3.92. The maximum Gasteiger partial charge on any atom is 0.0400 e. The SMILES string of the molecule is C1=CC2C=CC3=C4CCC=CC4=CC(C4=C(Nc5ccc(CN/C(=C\Cc6ccccc6)c6cc7ccccc7c7c6CCC=C7)cc5)C=CCC4)C3C2C=C1. The molecule has 0 fully saturated rings. The Balaban J connectivity index is 0.925. The number of benzene rings is 4. The number of anilines is 1. The summed E-state index contributed by atoms with van der Waals surface area (Å²) in [5.74, 6) is 1.81. The lowest BCUT2D eigenvalue weighted by atomic mass is 9.60. The van der Waals surface area contributed by atoms with Gasteiger partial charge in [0.25, 0.3) is 0 Å². The molecule has 56 heavy (non-hydrogen) atoms. The van der Waals surface area contributed by atoms with Crippen LogP contribution in [0.2, 0.25) is 0 Å². The van der Waals surface area contributed by atoms with Crippen LogP contribution in [0.4, 0.5) is 5.69 Å². The van der Waals surface area contributed by atoms with Crippen LogP contribution in [0, 0.1) is 23.7 Å². The summed E-state index contributed by atoms with van der Waals surface area (Å²) in [5.41, 5.74) is 16.5. The highest BCUT2D eigenvalue weighted by molar-refractivity contribution is 5.96. The molecule has 4 aromatic carbocycles. The molecule has 0 saturated heterocycles. The van der Waals surface area contributed by atoms with Gasteiger partial charge < -0.3 is 10.6 Å². The Morgan fingerprint density at radius 1 is 0.714 bits per heavy atom. The van der Waals surface area contributed by atoms with Crippen LogP contribution < -0.4 is 10.6 Å². The monoisotopic (exact) mass is 726 g/mol. The Morgan fingerprint density at radius 3 is 2.45 bits per heavy atom. The third kappa shape index (κ3) is 6.72. The zero-order valence-corrected chi connectivity index (χ0v) is 32.1. The van der Waals surface area contributed by atoms with Gasteiger partial charge in [0, 0.05) is 46.9 Å². The molecule has 0 radical (unpaired) electrons. The molecule has 4 aromatic rings. The Hall–Kier alpha value is -5.86. The summed E-state index contributed by atoms with van der Waals surface area (Å²) in [7, 11) is 0. The van der Waals surface area contributed by atoms with E-state index in [-0.39, 0.29) is 0 Å². The van der Waals surface area contributed by atoms with Gasteiger partial charge in [0.05, 0.1) is 0 Å². The van der Waals surface area contributed by atoms with Crippen LogP contribution in [0.15, 0.2) is 192 Å². The van der Waals surface area contributed by atoms with Crippen molar-refractivity contribution in [3.05, 3.63) is 220 Å². The highest BCUT2D eigenvalue weighted by atomic mass is 14.9. The third-order valence-corrected chi connectivity index (χ3v) is 12.8. The molecule has 276 valence electrons. The second-order valence-corrected chi connectivity index (χ2v) is 16.2. The quantitative estimate of drug-likeness (QED) is 0.179. The molecule has 0 aromatic heterocycles. The van der Waals surface area contributed by atoms with Gasteiger partial charge in [-0.3, -0.25) is 0 Å². The highest BCUT2D eigenvalue weighted by Gasteiger charge is 2.41. The molecule has 0 aliphatic heterocycles. The molecule has 10 rings (SSSR count). The Kier molecular flexibility index (Phi) is 9.49. The summed E-state index contributed by atoms with van der Waals surface area (Å²) in [6.07, 6.45) is 41.0. The van der Waals surface area contributed by atoms with Crippen LogP contribution in [-0.2, 0) is 19.4 Å². The van der Waals surface area contributed by atoms with Crippen molar-refractivity contribution in [2.45, 2.75) is 51.5 Å². The third-order valence-electron chi connectivity index (χ3n) is 12.8. The summed E-state index contributed by atoms with van der Waals surface area (Å²) in [4.78, 5) is 0. The fraction of sp³-hybridized carbons (Fsp3) is 0.222. The second-order valence-electron chi connectivity index (χ2n) is 16.2. The van der Waals surface area contributed by atoms with Gasteiger partial charge >= 0.3 is 0 Å². The molecular formula is C54H50N2. The van der Waals surface area contributed by atoms with E-state index in [1.807, 2.05) is 0 Å². The van der Waals surface area contributed by atoms with Gasteiger partial charge in [0.2, 0.25) is 0 Å². The van der Waals surface area contributed by atoms with E-state index in [0.29, 0.717) is 23.7 Å². The van der Waals surface area contributed by atoms with Crippen LogP contribution in [-0.4, -0.2) is 0 Å². The molecule has 0 bridgehead atoms. The number of hydrogen-bond donors (Lipinski definition) is 2. The molecule has 0 amide bonds. The summed E-state index contributed by atoms with van der Waals surface area (Å²) >= 11 is 0. The highest BCUT2D eigenvalue weighted by Crippen LogP contribution is 2.52. The minimum Gasteiger partial charge on any atom is -0.381 e. The van der Waals surface area contributed by atoms with E-state index in [0.717, 1.165) is 57.2 Å². The minimum atomic E-state index is 0.369. The first kappa shape index (κ1) is 34.6. The van der Waals surface area contributed by atoms with Crippen molar-refractivity contribution in [3.8, 4) is 0 Å². The van der Waals surface area contributed by atoms with Gasteiger partial charge in [0.15, 0.2) is 0 Å². The summed E-state index contributed by atoms with van der Waals surface area (Å²) < 4.78 is 0. The van der Waals surface area contributed by atoms with Gasteiger partial charge in [0.1, 0.15) is 0 Å². The van der Waals surface area contributed by atoms with Gasteiger partial charge in [-0.05, 0) is 130 Å². The number of hydrogen-bond acceptors (Lipinski definition) is 2. The van der Waals surface area contributed by atoms with Crippen molar-refractivity contribution < 1.29 is 0 Å². The lowest BCUT2D eigenvalue weighted by molar-refractivity contribution is 0.327. The van der Waals surface area contributed by atoms with E-state index < -0.39 is 0 Å². The Morgan fingerprint density at radius 2 is 1.52 bits per heavy atom. The van der Waals surface area contributed by atoms with Gasteiger partial charge in [-0.25, -0.2) is 0 Å². The van der Waals surface area contributed by atoms with Crippen molar-refractivity contribution in [2.75, 3.05) is 5.32 Å². The van der Waals surface area contributed by atoms with E-state index in [1.165, 1.54) is 55.6 Å². The molecule has 0 saturated carbocycles. The Bertz CT molecular complexity index is 2470. The minimum absolute atomic E-state index is 0.369. The number of nitrogens with one attached hydrogen (secondary N) is 2. The average molecular weight is 727 g/mol. The van der Waals surface area contributed by atoms with E-state index in [4.69, 9.17) is 0 Å². The maximum absolute atomic E-state index is 3.92. The van der Waals surface area contributed by atoms with Crippen LogP contribution in [0.1, 0.15) is 59.9 Å². The topological polar surface area (TPSA) is 24.1 Å². The molecule has 6 aliphatic rings. The lowest BCUT2D eigenvalue weighted by Crippen LogP contribution is -2.35.